The van der Waals surface area contributed by atoms with Crippen LogP contribution in [0.5, 0.6) is 34.5 Å². The van der Waals surface area contributed by atoms with E-state index in [0.717, 1.165) is 157 Å². The Bertz CT molecular complexity index is 1850. The van der Waals surface area contributed by atoms with Gasteiger partial charge in [0.2, 0.25) is 0 Å². The van der Waals surface area contributed by atoms with Gasteiger partial charge in [-0.3, -0.25) is 0 Å². The molecule has 0 aliphatic carbocycles. The number of hydrogen-bond acceptors (Lipinski definition) is 6. The number of pyridine rings is 1. The Balaban J connectivity index is 1.65. The van der Waals surface area contributed by atoms with Gasteiger partial charge in [-0.25, -0.2) is 4.57 Å². The predicted molar refractivity (Wildman–Crippen MR) is 227 cm³/mol. The molecule has 0 unspecified atom stereocenters. The summed E-state index contributed by atoms with van der Waals surface area (Å²) in [4.78, 5) is 0. The summed E-state index contributed by atoms with van der Waals surface area (Å²) in [7, 11) is 0. The van der Waals surface area contributed by atoms with Crippen LogP contribution in [-0.4, -0.2) is 39.6 Å². The number of fused-ring (bicyclic) bond motifs is 6. The fourth-order valence-corrected chi connectivity index (χ4v) is 6.66. The molecule has 1 heterocycles. The molecule has 5 rings (SSSR count). The molecule has 0 amide bonds. The van der Waals surface area contributed by atoms with Crippen molar-refractivity contribution in [3.05, 3.63) is 67.0 Å². The Labute approximate surface area is 330 Å². The van der Waals surface area contributed by atoms with Crippen LogP contribution in [-0.2, 0) is 6.54 Å². The van der Waals surface area contributed by atoms with Crippen LogP contribution in [0.25, 0.3) is 32.3 Å². The minimum absolute atomic E-state index is 0.620. The van der Waals surface area contributed by atoms with E-state index in [4.69, 9.17) is 28.4 Å². The van der Waals surface area contributed by atoms with Gasteiger partial charge in [0.15, 0.2) is 46.9 Å². The van der Waals surface area contributed by atoms with Crippen molar-refractivity contribution in [1.82, 2.24) is 0 Å². The van der Waals surface area contributed by atoms with Gasteiger partial charge in [-0.15, -0.1) is 0 Å². The van der Waals surface area contributed by atoms with Gasteiger partial charge in [0.1, 0.15) is 6.54 Å². The van der Waals surface area contributed by atoms with Crippen LogP contribution >= 0.6 is 0 Å². The summed E-state index contributed by atoms with van der Waals surface area (Å²) in [5, 5.41) is 6.51. The van der Waals surface area contributed by atoms with Crippen molar-refractivity contribution in [3.63, 3.8) is 0 Å². The van der Waals surface area contributed by atoms with Crippen LogP contribution in [0.15, 0.2) is 67.0 Å². The standard InChI is InChI=1S/C48H66NO6/c1-6-11-25-50-43-31-37-38-32-44(51-26-12-7-2)46(53-28-14-9-4)34-40(38)42-36-48(55-30-21-17-20-24-49-22-18-16-19-23-49)47(54-29-15-10-5)35-41(42)39(37)33-45(43)52-27-13-8-3/h16,18-19,22-23,31-36H,6-15,17,20-21,24-30H2,1-5H3/q+1. The first-order valence-corrected chi connectivity index (χ1v) is 21.4. The van der Waals surface area contributed by atoms with Crippen LogP contribution in [0, 0.1) is 0 Å². The molecule has 1 aromatic heterocycles. The zero-order valence-corrected chi connectivity index (χ0v) is 34.4. The van der Waals surface area contributed by atoms with Crippen molar-refractivity contribution in [2.75, 3.05) is 39.6 Å². The van der Waals surface area contributed by atoms with E-state index in [0.29, 0.717) is 39.6 Å². The van der Waals surface area contributed by atoms with Crippen LogP contribution in [0.3, 0.4) is 0 Å². The summed E-state index contributed by atoms with van der Waals surface area (Å²) >= 11 is 0. The lowest BCUT2D eigenvalue weighted by molar-refractivity contribution is -0.697. The SMILES string of the molecule is CCCCOc1cc2c3cc(OCCCC)c(OCCCC)cc3c3cc(OCCCCC[n+]4ccccc4)c(OCCCC)cc3c2cc1OCCCC. The molecule has 55 heavy (non-hydrogen) atoms. The third-order valence-corrected chi connectivity index (χ3v) is 9.99. The van der Waals surface area contributed by atoms with Crippen LogP contribution < -0.4 is 33.0 Å². The van der Waals surface area contributed by atoms with Crippen LogP contribution in [0.1, 0.15) is 118 Å². The molecule has 0 radical (unpaired) electrons. The number of unbranched alkanes of at least 4 members (excludes halogenated alkanes) is 7. The Hall–Kier alpha value is -4.39. The van der Waals surface area contributed by atoms with Crippen molar-refractivity contribution in [1.29, 1.82) is 0 Å². The van der Waals surface area contributed by atoms with E-state index in [1.54, 1.807) is 0 Å². The van der Waals surface area contributed by atoms with Gasteiger partial charge >= 0.3 is 0 Å². The lowest BCUT2D eigenvalue weighted by Gasteiger charge is -2.20. The quantitative estimate of drug-likeness (QED) is 0.0302. The summed E-state index contributed by atoms with van der Waals surface area (Å²) in [5.74, 6) is 4.66. The third-order valence-electron chi connectivity index (χ3n) is 9.99. The minimum Gasteiger partial charge on any atom is -0.490 e. The highest BCUT2D eigenvalue weighted by atomic mass is 16.5. The first-order chi connectivity index (χ1) is 27.1. The lowest BCUT2D eigenvalue weighted by Crippen LogP contribution is -2.32. The molecule has 0 N–H and O–H groups in total. The molecule has 7 heteroatoms. The summed E-state index contributed by atoms with van der Waals surface area (Å²) in [5.41, 5.74) is 0. The second-order valence-electron chi connectivity index (χ2n) is 14.6. The maximum Gasteiger partial charge on any atom is 0.168 e. The molecule has 0 aliphatic rings. The number of aryl methyl sites for hydroxylation is 1. The Morgan fingerprint density at radius 2 is 0.600 bits per heavy atom. The molecule has 0 atom stereocenters. The van der Waals surface area contributed by atoms with Gasteiger partial charge in [0.25, 0.3) is 0 Å². The van der Waals surface area contributed by atoms with E-state index < -0.39 is 0 Å². The summed E-state index contributed by atoms with van der Waals surface area (Å²) in [6.45, 7) is 15.7. The highest BCUT2D eigenvalue weighted by Crippen LogP contribution is 2.47. The summed E-state index contributed by atoms with van der Waals surface area (Å²) < 4.78 is 41.2. The highest BCUT2D eigenvalue weighted by molar-refractivity contribution is 6.26. The fraction of sp³-hybridized carbons (Fsp3) is 0.521. The van der Waals surface area contributed by atoms with Crippen molar-refractivity contribution >= 4 is 32.3 Å². The average molecular weight is 753 g/mol. The highest BCUT2D eigenvalue weighted by Gasteiger charge is 2.20. The number of aromatic nitrogens is 1. The van der Waals surface area contributed by atoms with E-state index in [2.05, 4.69) is 106 Å². The molecule has 0 spiro atoms. The van der Waals surface area contributed by atoms with Crippen LogP contribution in [0.4, 0.5) is 0 Å². The predicted octanol–water partition coefficient (Wildman–Crippen LogP) is 12.6. The Morgan fingerprint density at radius 1 is 0.327 bits per heavy atom. The van der Waals surface area contributed by atoms with Crippen molar-refractivity contribution in [2.24, 2.45) is 0 Å². The zero-order chi connectivity index (χ0) is 38.7. The smallest absolute Gasteiger partial charge is 0.168 e. The fourth-order valence-electron chi connectivity index (χ4n) is 6.66. The number of nitrogens with zero attached hydrogens (tertiary/aromatic N) is 1. The van der Waals surface area contributed by atoms with Gasteiger partial charge < -0.3 is 28.4 Å². The van der Waals surface area contributed by atoms with Gasteiger partial charge in [0, 0.05) is 18.6 Å². The number of benzene rings is 4. The molecule has 0 saturated carbocycles. The number of ether oxygens (including phenoxy) is 6. The minimum atomic E-state index is 0.620. The maximum absolute atomic E-state index is 6.62. The van der Waals surface area contributed by atoms with E-state index in [-0.39, 0.29) is 0 Å². The largest absolute Gasteiger partial charge is 0.490 e. The zero-order valence-electron chi connectivity index (χ0n) is 34.4. The van der Waals surface area contributed by atoms with E-state index in [9.17, 15) is 0 Å². The summed E-state index contributed by atoms with van der Waals surface area (Å²) in [6, 6.07) is 19.3. The third kappa shape index (κ3) is 11.8. The summed E-state index contributed by atoms with van der Waals surface area (Å²) in [6.07, 6.45) is 17.6. The molecular formula is C48H66NO6+. The van der Waals surface area contributed by atoms with Gasteiger partial charge in [-0.05, 0) is 114 Å². The van der Waals surface area contributed by atoms with E-state index in [1.807, 2.05) is 0 Å². The monoisotopic (exact) mass is 752 g/mol. The second-order valence-corrected chi connectivity index (χ2v) is 14.6. The molecule has 4 aromatic carbocycles. The van der Waals surface area contributed by atoms with Crippen molar-refractivity contribution < 1.29 is 33.0 Å². The first kappa shape index (κ1) is 41.8. The van der Waals surface area contributed by atoms with Gasteiger partial charge in [0.05, 0.1) is 39.6 Å². The first-order valence-electron chi connectivity index (χ1n) is 21.4. The Morgan fingerprint density at radius 3 is 0.873 bits per heavy atom. The topological polar surface area (TPSA) is 59.3 Å². The van der Waals surface area contributed by atoms with Crippen molar-refractivity contribution in [3.8, 4) is 34.5 Å². The molecule has 0 aliphatic heterocycles. The molecule has 0 saturated heterocycles. The molecular weight excluding hydrogens is 687 g/mol. The lowest BCUT2D eigenvalue weighted by atomic mass is 9.93. The normalized spacial score (nSPS) is 11.4. The molecule has 0 bridgehead atoms. The molecule has 0 fully saturated rings. The van der Waals surface area contributed by atoms with Gasteiger partial charge in [-0.2, -0.15) is 0 Å². The number of hydrogen-bond donors (Lipinski definition) is 0. The molecule has 7 nitrogen and oxygen atoms in total. The van der Waals surface area contributed by atoms with E-state index in [1.165, 1.54) is 0 Å². The van der Waals surface area contributed by atoms with Crippen LogP contribution in [0.2, 0.25) is 0 Å². The van der Waals surface area contributed by atoms with Crippen molar-refractivity contribution in [2.45, 2.75) is 125 Å². The Kier molecular flexibility index (Phi) is 17.4. The maximum atomic E-state index is 6.62. The molecule has 298 valence electrons. The molecule has 5 aromatic rings. The van der Waals surface area contributed by atoms with Gasteiger partial charge in [-0.1, -0.05) is 72.8 Å². The average Bonchev–Trinajstić information content (AvgIpc) is 3.20. The number of rotatable bonds is 27. The van der Waals surface area contributed by atoms with E-state index >= 15 is 0 Å². The second kappa shape index (κ2) is 22.9.